The van der Waals surface area contributed by atoms with Crippen LogP contribution in [0.25, 0.3) is 11.3 Å². The van der Waals surface area contributed by atoms with Crippen molar-refractivity contribution in [2.75, 3.05) is 19.5 Å². The molecule has 0 aliphatic rings. The highest BCUT2D eigenvalue weighted by Gasteiger charge is 2.26. The van der Waals surface area contributed by atoms with Gasteiger partial charge in [0.2, 0.25) is 23.3 Å². The van der Waals surface area contributed by atoms with Crippen molar-refractivity contribution in [1.82, 2.24) is 0 Å². The Balaban J connectivity index is 2.64. The topological polar surface area (TPSA) is 101 Å². The molecule has 0 saturated carbocycles. The summed E-state index contributed by atoms with van der Waals surface area (Å²) < 4.78 is 15.7. The third kappa shape index (κ3) is 2.58. The normalized spacial score (nSPS) is 10.2. The maximum absolute atomic E-state index is 11.1. The van der Waals surface area contributed by atoms with Crippen LogP contribution in [0.5, 0.6) is 23.0 Å². The molecule has 0 radical (unpaired) electrons. The molecular formula is C14H15NO6. The smallest absolute Gasteiger partial charge is 0.246 e. The molecule has 21 heavy (non-hydrogen) atoms. The van der Waals surface area contributed by atoms with Crippen molar-refractivity contribution < 1.29 is 28.9 Å². The van der Waals surface area contributed by atoms with Crippen LogP contribution in [-0.4, -0.2) is 30.3 Å². The van der Waals surface area contributed by atoms with E-state index >= 15 is 0 Å². The minimum Gasteiger partial charge on any atom is -0.502 e. The molecule has 1 aromatic carbocycles. The summed E-state index contributed by atoms with van der Waals surface area (Å²) in [6, 6.07) is 5.00. The molecule has 0 atom stereocenters. The first-order chi connectivity index (χ1) is 9.99. The average molecular weight is 293 g/mol. The Hall–Kier alpha value is -2.83. The van der Waals surface area contributed by atoms with E-state index in [-0.39, 0.29) is 11.6 Å². The van der Waals surface area contributed by atoms with E-state index in [0.717, 1.165) is 0 Å². The first-order valence-electron chi connectivity index (χ1n) is 6.03. The van der Waals surface area contributed by atoms with Gasteiger partial charge in [0.15, 0.2) is 5.76 Å². The fraction of sp³-hybridized carbons (Fsp3) is 0.214. The average Bonchev–Trinajstić information content (AvgIpc) is 2.74. The van der Waals surface area contributed by atoms with E-state index in [1.54, 1.807) is 18.2 Å². The quantitative estimate of drug-likeness (QED) is 0.799. The van der Waals surface area contributed by atoms with Gasteiger partial charge in [-0.25, -0.2) is 0 Å². The van der Waals surface area contributed by atoms with Crippen LogP contribution < -0.4 is 14.8 Å². The number of benzene rings is 1. The number of aromatic hydroxyl groups is 2. The zero-order valence-electron chi connectivity index (χ0n) is 11.8. The molecule has 1 aromatic heterocycles. The summed E-state index contributed by atoms with van der Waals surface area (Å²) in [5.41, 5.74) is 0.326. The largest absolute Gasteiger partial charge is 0.502 e. The Morgan fingerprint density at radius 3 is 2.19 bits per heavy atom. The van der Waals surface area contributed by atoms with Crippen molar-refractivity contribution in [2.45, 2.75) is 6.92 Å². The number of furan rings is 1. The van der Waals surface area contributed by atoms with E-state index in [9.17, 15) is 15.0 Å². The van der Waals surface area contributed by atoms with Crippen LogP contribution in [0, 0.1) is 0 Å². The van der Waals surface area contributed by atoms with Crippen LogP contribution in [0.4, 0.5) is 5.88 Å². The summed E-state index contributed by atoms with van der Waals surface area (Å²) >= 11 is 0. The Morgan fingerprint density at radius 1 is 1.14 bits per heavy atom. The van der Waals surface area contributed by atoms with Crippen LogP contribution in [0.3, 0.4) is 0 Å². The van der Waals surface area contributed by atoms with Gasteiger partial charge in [-0.15, -0.1) is 0 Å². The molecule has 7 heteroatoms. The molecule has 3 N–H and O–H groups in total. The maximum atomic E-state index is 11.1. The summed E-state index contributed by atoms with van der Waals surface area (Å²) in [5.74, 6) is -1.07. The Morgan fingerprint density at radius 2 is 1.71 bits per heavy atom. The van der Waals surface area contributed by atoms with Crippen molar-refractivity contribution in [3.05, 3.63) is 18.2 Å². The third-order valence-electron chi connectivity index (χ3n) is 2.80. The summed E-state index contributed by atoms with van der Waals surface area (Å²) in [6.07, 6.45) is 0. The summed E-state index contributed by atoms with van der Waals surface area (Å²) in [6.45, 7) is 1.25. The lowest BCUT2D eigenvalue weighted by atomic mass is 10.1. The van der Waals surface area contributed by atoms with Crippen molar-refractivity contribution in [1.29, 1.82) is 0 Å². The third-order valence-corrected chi connectivity index (χ3v) is 2.80. The number of hydrogen-bond acceptors (Lipinski definition) is 6. The SMILES string of the molecule is COc1cccc(OC)c1-c1oc(NC(C)=O)c(O)c1O. The van der Waals surface area contributed by atoms with E-state index < -0.39 is 17.4 Å². The molecule has 1 heterocycles. The molecule has 0 fully saturated rings. The summed E-state index contributed by atoms with van der Waals surface area (Å²) in [5, 5.41) is 22.1. The highest BCUT2D eigenvalue weighted by molar-refractivity contribution is 5.91. The molecule has 0 aliphatic carbocycles. The van der Waals surface area contributed by atoms with E-state index in [1.165, 1.54) is 21.1 Å². The highest BCUT2D eigenvalue weighted by atomic mass is 16.5. The van der Waals surface area contributed by atoms with E-state index in [1.807, 2.05) is 0 Å². The molecule has 2 aromatic rings. The van der Waals surface area contributed by atoms with Gasteiger partial charge in [-0.05, 0) is 12.1 Å². The lowest BCUT2D eigenvalue weighted by Crippen LogP contribution is -2.04. The van der Waals surface area contributed by atoms with E-state index in [0.29, 0.717) is 17.1 Å². The van der Waals surface area contributed by atoms with Crippen LogP contribution in [0.1, 0.15) is 6.92 Å². The van der Waals surface area contributed by atoms with Crippen molar-refractivity contribution in [2.24, 2.45) is 0 Å². The number of rotatable bonds is 4. The van der Waals surface area contributed by atoms with Crippen molar-refractivity contribution >= 4 is 11.8 Å². The van der Waals surface area contributed by atoms with Gasteiger partial charge in [-0.3, -0.25) is 10.1 Å². The second kappa shape index (κ2) is 5.66. The number of hydrogen-bond donors (Lipinski definition) is 3. The van der Waals surface area contributed by atoms with Gasteiger partial charge < -0.3 is 24.1 Å². The van der Waals surface area contributed by atoms with Gasteiger partial charge in [0.1, 0.15) is 17.1 Å². The fourth-order valence-electron chi connectivity index (χ4n) is 1.90. The summed E-state index contributed by atoms with van der Waals surface area (Å²) in [4.78, 5) is 11.1. The molecular weight excluding hydrogens is 278 g/mol. The minimum absolute atomic E-state index is 0.0643. The predicted molar refractivity (Wildman–Crippen MR) is 74.9 cm³/mol. The molecule has 0 unspecified atom stereocenters. The van der Waals surface area contributed by atoms with Crippen LogP contribution >= 0.6 is 0 Å². The van der Waals surface area contributed by atoms with Gasteiger partial charge in [0.05, 0.1) is 14.2 Å². The van der Waals surface area contributed by atoms with Gasteiger partial charge in [-0.2, -0.15) is 0 Å². The fourth-order valence-corrected chi connectivity index (χ4v) is 1.90. The number of amides is 1. The second-order valence-corrected chi connectivity index (χ2v) is 4.18. The number of anilines is 1. The van der Waals surface area contributed by atoms with Crippen molar-refractivity contribution in [3.63, 3.8) is 0 Å². The maximum Gasteiger partial charge on any atom is 0.246 e. The zero-order chi connectivity index (χ0) is 15.6. The standard InChI is InChI=1S/C14H15NO6/c1-7(16)15-14-12(18)11(17)13(21-14)10-8(19-2)5-4-6-9(10)20-3/h4-6,17-18H,1-3H3,(H,15,16). The molecule has 2 rings (SSSR count). The lowest BCUT2D eigenvalue weighted by molar-refractivity contribution is -0.114. The zero-order valence-corrected chi connectivity index (χ0v) is 11.8. The van der Waals surface area contributed by atoms with Crippen LogP contribution in [0.2, 0.25) is 0 Å². The molecule has 7 nitrogen and oxygen atoms in total. The molecule has 0 aliphatic heterocycles. The molecule has 0 saturated heterocycles. The number of carbonyl (C=O) groups excluding carboxylic acids is 1. The number of methoxy groups -OCH3 is 2. The monoisotopic (exact) mass is 293 g/mol. The van der Waals surface area contributed by atoms with Gasteiger partial charge in [0.25, 0.3) is 0 Å². The number of carbonyl (C=O) groups is 1. The Kier molecular flexibility index (Phi) is 3.93. The minimum atomic E-state index is -0.562. The molecule has 0 bridgehead atoms. The number of ether oxygens (including phenoxy) is 2. The first-order valence-corrected chi connectivity index (χ1v) is 6.03. The number of nitrogens with one attached hydrogen (secondary N) is 1. The van der Waals surface area contributed by atoms with Crippen LogP contribution in [0.15, 0.2) is 22.6 Å². The Bertz CT molecular complexity index is 654. The molecule has 112 valence electrons. The van der Waals surface area contributed by atoms with Gasteiger partial charge >= 0.3 is 0 Å². The van der Waals surface area contributed by atoms with Gasteiger partial charge in [-0.1, -0.05) is 6.07 Å². The summed E-state index contributed by atoms with van der Waals surface area (Å²) in [7, 11) is 2.90. The Labute approximate surface area is 120 Å². The predicted octanol–water partition coefficient (Wildman–Crippen LogP) is 2.33. The highest BCUT2D eigenvalue weighted by Crippen LogP contribution is 2.50. The second-order valence-electron chi connectivity index (χ2n) is 4.18. The lowest BCUT2D eigenvalue weighted by Gasteiger charge is -2.10. The first kappa shape index (κ1) is 14.6. The van der Waals surface area contributed by atoms with Crippen LogP contribution in [-0.2, 0) is 4.79 Å². The van der Waals surface area contributed by atoms with E-state index in [2.05, 4.69) is 5.32 Å². The molecule has 0 spiro atoms. The molecule has 1 amide bonds. The van der Waals surface area contributed by atoms with E-state index in [4.69, 9.17) is 13.9 Å². The van der Waals surface area contributed by atoms with Gasteiger partial charge in [0, 0.05) is 6.92 Å². The van der Waals surface area contributed by atoms with Crippen molar-refractivity contribution in [3.8, 4) is 34.3 Å².